The number of carbonyl (C=O) groups is 1. The zero-order valence-corrected chi connectivity index (χ0v) is 17.1. The van der Waals surface area contributed by atoms with Crippen LogP contribution in [0, 0.1) is 11.3 Å². The molecular weight excluding hydrogens is 398 g/mol. The lowest BCUT2D eigenvalue weighted by molar-refractivity contribution is -0.132. The average molecular weight is 423 g/mol. The second-order valence-electron chi connectivity index (χ2n) is 8.27. The molecule has 6 N–H and O–H groups in total. The summed E-state index contributed by atoms with van der Waals surface area (Å²) in [5.41, 5.74) is 7.18. The Morgan fingerprint density at radius 1 is 1.29 bits per heavy atom. The van der Waals surface area contributed by atoms with Gasteiger partial charge in [0.25, 0.3) is 0 Å². The van der Waals surface area contributed by atoms with Crippen LogP contribution in [-0.2, 0) is 11.2 Å². The van der Waals surface area contributed by atoms with Crippen LogP contribution in [-0.4, -0.2) is 61.4 Å². The van der Waals surface area contributed by atoms with Gasteiger partial charge < -0.3 is 31.1 Å². The number of benzene rings is 1. The van der Waals surface area contributed by atoms with E-state index in [1.807, 2.05) is 18.2 Å². The first-order chi connectivity index (χ1) is 15.0. The number of hydrogen-bond acceptors (Lipinski definition) is 8. The standard InChI is InChI=1S/C21H25N7O3/c1-23-19(31)21-9-12(21)14(15(29)16(21)30)28-10-25-13-17(26-20(22)27-18(13)28)24-8-7-11-5-3-2-4-6-11/h2-6,10,12,14-16,29-30H,7-9H2,1H3,(H,23,31)(H3,22,24,26,27)/t12-,14-,15?,16?,21+/m1/s1. The van der Waals surface area contributed by atoms with Gasteiger partial charge in [-0.15, -0.1) is 0 Å². The lowest BCUT2D eigenvalue weighted by Gasteiger charge is -2.23. The zero-order valence-electron chi connectivity index (χ0n) is 17.1. The van der Waals surface area contributed by atoms with Crippen LogP contribution in [0.1, 0.15) is 18.0 Å². The molecule has 5 rings (SSSR count). The molecule has 0 saturated heterocycles. The highest BCUT2D eigenvalue weighted by Crippen LogP contribution is 2.67. The Morgan fingerprint density at radius 2 is 2.06 bits per heavy atom. The Hall–Kier alpha value is -3.24. The first-order valence-electron chi connectivity index (χ1n) is 10.3. The molecule has 3 aromatic rings. The molecule has 162 valence electrons. The number of aliphatic hydroxyl groups is 2. The van der Waals surface area contributed by atoms with Gasteiger partial charge in [0, 0.05) is 19.5 Å². The van der Waals surface area contributed by atoms with Gasteiger partial charge in [-0.3, -0.25) is 4.79 Å². The van der Waals surface area contributed by atoms with Crippen molar-refractivity contribution in [3.05, 3.63) is 42.2 Å². The van der Waals surface area contributed by atoms with Gasteiger partial charge in [-0.25, -0.2) is 4.98 Å². The van der Waals surface area contributed by atoms with E-state index in [2.05, 4.69) is 37.7 Å². The van der Waals surface area contributed by atoms with Crippen LogP contribution in [0.2, 0.25) is 0 Å². The van der Waals surface area contributed by atoms with Crippen LogP contribution >= 0.6 is 0 Å². The maximum atomic E-state index is 12.4. The molecule has 0 spiro atoms. The normalized spacial score (nSPS) is 29.0. The van der Waals surface area contributed by atoms with Crippen molar-refractivity contribution >= 4 is 28.8 Å². The fourth-order valence-corrected chi connectivity index (χ4v) is 5.03. The molecule has 2 aliphatic rings. The monoisotopic (exact) mass is 423 g/mol. The number of aromatic nitrogens is 4. The van der Waals surface area contributed by atoms with E-state index in [9.17, 15) is 15.0 Å². The summed E-state index contributed by atoms with van der Waals surface area (Å²) in [6.45, 7) is 0.635. The molecule has 10 nitrogen and oxygen atoms in total. The Balaban J connectivity index is 1.43. The van der Waals surface area contributed by atoms with Crippen molar-refractivity contribution in [3.8, 4) is 0 Å². The van der Waals surface area contributed by atoms with Crippen LogP contribution in [0.25, 0.3) is 11.2 Å². The van der Waals surface area contributed by atoms with E-state index in [4.69, 9.17) is 5.73 Å². The SMILES string of the molecule is CNC(=O)[C@@]12C[C@@H]1[C@@H](n1cnc3c(NCCc4ccccc4)nc(N)nc31)C(O)C2O. The summed E-state index contributed by atoms with van der Waals surface area (Å²) in [6.07, 6.45) is 0.608. The average Bonchev–Trinajstić information content (AvgIpc) is 3.31. The number of aliphatic hydroxyl groups excluding tert-OH is 2. The van der Waals surface area contributed by atoms with Crippen molar-refractivity contribution in [2.24, 2.45) is 11.3 Å². The molecule has 2 fully saturated rings. The first-order valence-corrected chi connectivity index (χ1v) is 10.3. The second kappa shape index (κ2) is 7.17. The summed E-state index contributed by atoms with van der Waals surface area (Å²) in [5.74, 6) is 0.130. The Morgan fingerprint density at radius 3 is 2.81 bits per heavy atom. The Bertz CT molecular complexity index is 1130. The van der Waals surface area contributed by atoms with Gasteiger partial charge in [-0.1, -0.05) is 30.3 Å². The summed E-state index contributed by atoms with van der Waals surface area (Å²) < 4.78 is 1.71. The van der Waals surface area contributed by atoms with Gasteiger partial charge in [0.15, 0.2) is 17.0 Å². The fraction of sp³-hybridized carbons (Fsp3) is 0.429. The van der Waals surface area contributed by atoms with E-state index in [0.29, 0.717) is 29.9 Å². The van der Waals surface area contributed by atoms with E-state index in [1.54, 1.807) is 10.9 Å². The molecule has 2 aliphatic carbocycles. The number of nitrogens with zero attached hydrogens (tertiary/aromatic N) is 4. The second-order valence-corrected chi connectivity index (χ2v) is 8.27. The molecule has 1 aromatic carbocycles. The van der Waals surface area contributed by atoms with Crippen LogP contribution < -0.4 is 16.4 Å². The number of hydrogen-bond donors (Lipinski definition) is 5. The minimum absolute atomic E-state index is 0.0813. The third kappa shape index (κ3) is 2.94. The number of nitrogen functional groups attached to an aromatic ring is 1. The molecule has 2 aromatic heterocycles. The molecule has 0 radical (unpaired) electrons. The molecular formula is C21H25N7O3. The van der Waals surface area contributed by atoms with E-state index < -0.39 is 23.7 Å². The quantitative estimate of drug-likeness (QED) is 0.374. The lowest BCUT2D eigenvalue weighted by Crippen LogP contribution is -2.41. The van der Waals surface area contributed by atoms with Gasteiger partial charge in [0.05, 0.1) is 23.9 Å². The van der Waals surface area contributed by atoms with E-state index in [1.165, 1.54) is 12.6 Å². The third-order valence-corrected chi connectivity index (χ3v) is 6.63. The number of amides is 1. The van der Waals surface area contributed by atoms with E-state index in [0.717, 1.165) is 6.42 Å². The predicted octanol–water partition coefficient (Wildman–Crippen LogP) is 0.0919. The molecule has 2 saturated carbocycles. The lowest BCUT2D eigenvalue weighted by atomic mass is 9.98. The van der Waals surface area contributed by atoms with Crippen LogP contribution in [0.4, 0.5) is 11.8 Å². The number of carbonyl (C=O) groups excluding carboxylic acids is 1. The van der Waals surface area contributed by atoms with Gasteiger partial charge in [-0.2, -0.15) is 9.97 Å². The van der Waals surface area contributed by atoms with Crippen molar-refractivity contribution in [1.82, 2.24) is 24.8 Å². The molecule has 5 atom stereocenters. The number of fused-ring (bicyclic) bond motifs is 2. The molecule has 10 heteroatoms. The highest BCUT2D eigenvalue weighted by Gasteiger charge is 2.75. The first kappa shape index (κ1) is 19.7. The summed E-state index contributed by atoms with van der Waals surface area (Å²) in [5, 5.41) is 27.2. The van der Waals surface area contributed by atoms with Crippen molar-refractivity contribution in [3.63, 3.8) is 0 Å². The van der Waals surface area contributed by atoms with Crippen molar-refractivity contribution in [1.29, 1.82) is 0 Å². The van der Waals surface area contributed by atoms with Gasteiger partial charge in [0.1, 0.15) is 6.10 Å². The highest BCUT2D eigenvalue weighted by atomic mass is 16.3. The van der Waals surface area contributed by atoms with Gasteiger partial charge in [-0.05, 0) is 18.4 Å². The van der Waals surface area contributed by atoms with Crippen LogP contribution in [0.5, 0.6) is 0 Å². The molecule has 1 amide bonds. The van der Waals surface area contributed by atoms with E-state index >= 15 is 0 Å². The number of rotatable bonds is 6. The van der Waals surface area contributed by atoms with Crippen molar-refractivity contribution in [2.75, 3.05) is 24.6 Å². The van der Waals surface area contributed by atoms with E-state index in [-0.39, 0.29) is 17.8 Å². The maximum absolute atomic E-state index is 12.4. The minimum Gasteiger partial charge on any atom is -0.389 e. The number of anilines is 2. The smallest absolute Gasteiger partial charge is 0.229 e. The highest BCUT2D eigenvalue weighted by molar-refractivity contribution is 5.88. The summed E-state index contributed by atoms with van der Waals surface area (Å²) >= 11 is 0. The number of nitrogens with one attached hydrogen (secondary N) is 2. The predicted molar refractivity (Wildman–Crippen MR) is 114 cm³/mol. The number of imidazole rings is 1. The zero-order chi connectivity index (χ0) is 21.8. The fourth-order valence-electron chi connectivity index (χ4n) is 5.03. The molecule has 0 aliphatic heterocycles. The van der Waals surface area contributed by atoms with Gasteiger partial charge in [0.2, 0.25) is 11.9 Å². The Kier molecular flexibility index (Phi) is 4.56. The largest absolute Gasteiger partial charge is 0.389 e. The minimum atomic E-state index is -1.15. The topological polar surface area (TPSA) is 151 Å². The van der Waals surface area contributed by atoms with Crippen LogP contribution in [0.3, 0.4) is 0 Å². The summed E-state index contributed by atoms with van der Waals surface area (Å²) in [4.78, 5) is 25.5. The third-order valence-electron chi connectivity index (χ3n) is 6.63. The van der Waals surface area contributed by atoms with Crippen molar-refractivity contribution in [2.45, 2.75) is 31.1 Å². The van der Waals surface area contributed by atoms with Crippen molar-refractivity contribution < 1.29 is 15.0 Å². The van der Waals surface area contributed by atoms with Gasteiger partial charge >= 0.3 is 0 Å². The maximum Gasteiger partial charge on any atom is 0.229 e. The number of nitrogens with two attached hydrogens (primary N) is 1. The summed E-state index contributed by atoms with van der Waals surface area (Å²) in [6, 6.07) is 9.56. The molecule has 2 heterocycles. The Labute approximate surface area is 178 Å². The van der Waals surface area contributed by atoms with Crippen LogP contribution in [0.15, 0.2) is 36.7 Å². The summed E-state index contributed by atoms with van der Waals surface area (Å²) in [7, 11) is 1.53. The molecule has 31 heavy (non-hydrogen) atoms. The molecule has 0 bridgehead atoms. The molecule has 2 unspecified atom stereocenters.